The number of carbonyl (C=O) groups is 4. The van der Waals surface area contributed by atoms with Gasteiger partial charge in [-0.15, -0.1) is 0 Å². The zero-order valence-corrected chi connectivity index (χ0v) is 16.9. The van der Waals surface area contributed by atoms with Gasteiger partial charge in [0.25, 0.3) is 11.8 Å². The quantitative estimate of drug-likeness (QED) is 0.433. The minimum absolute atomic E-state index is 0.0699. The minimum Gasteiger partial charge on any atom is -0.478 e. The second-order valence-electron chi connectivity index (χ2n) is 6.89. The van der Waals surface area contributed by atoms with Gasteiger partial charge in [0.2, 0.25) is 0 Å². The average molecular weight is 432 g/mol. The number of aromatic carboxylic acids is 2. The van der Waals surface area contributed by atoms with Crippen molar-refractivity contribution in [3.8, 4) is 0 Å². The summed E-state index contributed by atoms with van der Waals surface area (Å²) >= 11 is 0. The van der Waals surface area contributed by atoms with Crippen molar-refractivity contribution in [1.82, 2.24) is 10.6 Å². The number of benzene rings is 3. The number of carboxylic acid groups (broad SMARTS) is 2. The highest BCUT2D eigenvalue weighted by Gasteiger charge is 2.16. The summed E-state index contributed by atoms with van der Waals surface area (Å²) in [5.74, 6) is -3.38. The second kappa shape index (κ2) is 10.0. The Morgan fingerprint density at radius 2 is 0.938 bits per heavy atom. The van der Waals surface area contributed by atoms with Crippen LogP contribution in [0.3, 0.4) is 0 Å². The van der Waals surface area contributed by atoms with Crippen LogP contribution in [0.5, 0.6) is 0 Å². The molecule has 3 aromatic carbocycles. The van der Waals surface area contributed by atoms with Gasteiger partial charge in [-0.25, -0.2) is 9.59 Å². The Hall–Kier alpha value is -4.46. The van der Waals surface area contributed by atoms with Gasteiger partial charge in [-0.2, -0.15) is 0 Å². The monoisotopic (exact) mass is 432 g/mol. The van der Waals surface area contributed by atoms with Gasteiger partial charge in [0, 0.05) is 13.1 Å². The highest BCUT2D eigenvalue weighted by molar-refractivity contribution is 6.05. The van der Waals surface area contributed by atoms with Gasteiger partial charge in [0.15, 0.2) is 0 Å². The van der Waals surface area contributed by atoms with Crippen LogP contribution in [0, 0.1) is 0 Å². The van der Waals surface area contributed by atoms with E-state index in [2.05, 4.69) is 10.6 Å². The van der Waals surface area contributed by atoms with Crippen molar-refractivity contribution in [1.29, 1.82) is 0 Å². The molecule has 3 rings (SSSR count). The number of amides is 2. The largest absolute Gasteiger partial charge is 0.478 e. The summed E-state index contributed by atoms with van der Waals surface area (Å²) in [6.07, 6.45) is 0. The van der Waals surface area contributed by atoms with E-state index in [1.807, 2.05) is 0 Å². The molecular formula is C24H20N2O6. The van der Waals surface area contributed by atoms with E-state index in [4.69, 9.17) is 0 Å². The van der Waals surface area contributed by atoms with Crippen LogP contribution in [0.15, 0.2) is 72.8 Å². The molecule has 0 heterocycles. The van der Waals surface area contributed by atoms with Crippen LogP contribution in [-0.2, 0) is 13.1 Å². The molecule has 2 amide bonds. The fraction of sp³-hybridized carbons (Fsp3) is 0.0833. The van der Waals surface area contributed by atoms with Crippen LogP contribution in [0.2, 0.25) is 0 Å². The number of hydrogen-bond donors (Lipinski definition) is 4. The van der Waals surface area contributed by atoms with E-state index >= 15 is 0 Å². The van der Waals surface area contributed by atoms with E-state index in [9.17, 15) is 29.4 Å². The molecule has 0 spiro atoms. The Morgan fingerprint density at radius 3 is 1.31 bits per heavy atom. The van der Waals surface area contributed by atoms with E-state index in [-0.39, 0.29) is 35.3 Å². The lowest BCUT2D eigenvalue weighted by molar-refractivity contribution is 0.0682. The molecule has 3 aromatic rings. The van der Waals surface area contributed by atoms with Crippen molar-refractivity contribution >= 4 is 23.8 Å². The molecule has 0 fully saturated rings. The van der Waals surface area contributed by atoms with Crippen molar-refractivity contribution < 1.29 is 29.4 Å². The van der Waals surface area contributed by atoms with Crippen LogP contribution < -0.4 is 10.6 Å². The highest BCUT2D eigenvalue weighted by atomic mass is 16.4. The predicted molar refractivity (Wildman–Crippen MR) is 116 cm³/mol. The van der Waals surface area contributed by atoms with E-state index in [0.29, 0.717) is 0 Å². The van der Waals surface area contributed by atoms with E-state index < -0.39 is 23.8 Å². The summed E-state index contributed by atoms with van der Waals surface area (Å²) in [7, 11) is 0. The fourth-order valence-electron chi connectivity index (χ4n) is 3.14. The number of carbonyl (C=O) groups excluding carboxylic acids is 2. The van der Waals surface area contributed by atoms with Gasteiger partial charge in [0.05, 0.1) is 22.3 Å². The molecule has 0 aromatic heterocycles. The molecule has 162 valence electrons. The summed E-state index contributed by atoms with van der Waals surface area (Å²) in [4.78, 5) is 47.4. The molecule has 4 N–H and O–H groups in total. The molecule has 0 saturated heterocycles. The van der Waals surface area contributed by atoms with Gasteiger partial charge in [-0.05, 0) is 35.4 Å². The Morgan fingerprint density at radius 1 is 0.562 bits per heavy atom. The maximum atomic E-state index is 12.4. The first-order valence-corrected chi connectivity index (χ1v) is 9.65. The lowest BCUT2D eigenvalue weighted by Gasteiger charge is -2.10. The van der Waals surface area contributed by atoms with Crippen LogP contribution in [0.25, 0.3) is 0 Å². The van der Waals surface area contributed by atoms with Crippen LogP contribution >= 0.6 is 0 Å². The Kier molecular flexibility index (Phi) is 6.97. The van der Waals surface area contributed by atoms with Crippen molar-refractivity contribution in [2.75, 3.05) is 0 Å². The molecule has 0 aliphatic heterocycles. The van der Waals surface area contributed by atoms with Crippen LogP contribution in [0.1, 0.15) is 52.6 Å². The number of hydrogen-bond acceptors (Lipinski definition) is 4. The number of carboxylic acids is 2. The summed E-state index contributed by atoms with van der Waals surface area (Å²) in [6.45, 7) is 0.326. The molecule has 0 atom stereocenters. The lowest BCUT2D eigenvalue weighted by atomic mass is 10.1. The van der Waals surface area contributed by atoms with Crippen molar-refractivity contribution in [3.63, 3.8) is 0 Å². The maximum Gasteiger partial charge on any atom is 0.336 e. The lowest BCUT2D eigenvalue weighted by Crippen LogP contribution is -2.26. The van der Waals surface area contributed by atoms with Crippen molar-refractivity contribution in [2.24, 2.45) is 0 Å². The zero-order valence-electron chi connectivity index (χ0n) is 16.9. The van der Waals surface area contributed by atoms with Gasteiger partial charge in [-0.1, -0.05) is 48.5 Å². The molecule has 8 nitrogen and oxygen atoms in total. The maximum absolute atomic E-state index is 12.4. The third-order valence-corrected chi connectivity index (χ3v) is 4.70. The molecule has 0 saturated carbocycles. The zero-order chi connectivity index (χ0) is 23.1. The topological polar surface area (TPSA) is 133 Å². The SMILES string of the molecule is O=C(O)c1ccccc1C(=O)NCc1cccc(CNC(=O)c2ccccc2C(=O)O)c1. The standard InChI is InChI=1S/C24H20N2O6/c27-21(17-8-1-3-10-19(17)23(29)30)25-13-15-6-5-7-16(12-15)14-26-22(28)18-9-2-4-11-20(18)24(31)32/h1-12H,13-14H2,(H,25,27)(H,26,28)(H,29,30)(H,31,32). The van der Waals surface area contributed by atoms with Crippen LogP contribution in [-0.4, -0.2) is 34.0 Å². The van der Waals surface area contributed by atoms with E-state index in [1.54, 1.807) is 48.5 Å². The minimum atomic E-state index is -1.18. The molecule has 0 radical (unpaired) electrons. The third-order valence-electron chi connectivity index (χ3n) is 4.70. The average Bonchev–Trinajstić information content (AvgIpc) is 2.81. The van der Waals surface area contributed by atoms with Gasteiger partial charge in [0.1, 0.15) is 0 Å². The van der Waals surface area contributed by atoms with Gasteiger partial charge < -0.3 is 20.8 Å². The van der Waals surface area contributed by atoms with E-state index in [1.165, 1.54) is 24.3 Å². The third kappa shape index (κ3) is 5.37. The van der Waals surface area contributed by atoms with Crippen molar-refractivity contribution in [2.45, 2.75) is 13.1 Å². The normalized spacial score (nSPS) is 10.2. The van der Waals surface area contributed by atoms with Crippen LogP contribution in [0.4, 0.5) is 0 Å². The van der Waals surface area contributed by atoms with E-state index in [0.717, 1.165) is 11.1 Å². The summed E-state index contributed by atoms with van der Waals surface area (Å²) < 4.78 is 0. The van der Waals surface area contributed by atoms with Gasteiger partial charge in [-0.3, -0.25) is 9.59 Å². The number of rotatable bonds is 8. The molecule has 0 bridgehead atoms. The number of nitrogens with one attached hydrogen (secondary N) is 2. The Labute approximate surface area is 183 Å². The van der Waals surface area contributed by atoms with Gasteiger partial charge >= 0.3 is 11.9 Å². The summed E-state index contributed by atoms with van der Waals surface area (Å²) in [5.41, 5.74) is 1.49. The highest BCUT2D eigenvalue weighted by Crippen LogP contribution is 2.12. The molecular weight excluding hydrogens is 412 g/mol. The Balaban J connectivity index is 1.63. The Bertz CT molecular complexity index is 1100. The molecule has 0 aliphatic carbocycles. The first-order valence-electron chi connectivity index (χ1n) is 9.65. The smallest absolute Gasteiger partial charge is 0.336 e. The predicted octanol–water partition coefficient (Wildman–Crippen LogP) is 2.94. The summed E-state index contributed by atoms with van der Waals surface area (Å²) in [6, 6.07) is 19.0. The first kappa shape index (κ1) is 22.2. The molecule has 0 unspecified atom stereocenters. The van der Waals surface area contributed by atoms with Crippen molar-refractivity contribution in [3.05, 3.63) is 106 Å². The fourth-order valence-corrected chi connectivity index (χ4v) is 3.14. The molecule has 32 heavy (non-hydrogen) atoms. The molecule has 8 heteroatoms. The molecule has 0 aliphatic rings. The summed E-state index contributed by atoms with van der Waals surface area (Å²) in [5, 5.41) is 23.8. The first-order chi connectivity index (χ1) is 15.4. The second-order valence-corrected chi connectivity index (χ2v) is 6.89.